The summed E-state index contributed by atoms with van der Waals surface area (Å²) in [5.41, 5.74) is 0. The van der Waals surface area contributed by atoms with Crippen LogP contribution in [0, 0.1) is 17.8 Å². The van der Waals surface area contributed by atoms with E-state index in [-0.39, 0.29) is 6.10 Å². The highest BCUT2D eigenvalue weighted by Gasteiger charge is 2.35. The molecule has 0 aromatic heterocycles. The van der Waals surface area contributed by atoms with Crippen LogP contribution in [0.25, 0.3) is 0 Å². The van der Waals surface area contributed by atoms with E-state index in [0.717, 1.165) is 12.3 Å². The van der Waals surface area contributed by atoms with Gasteiger partial charge in [0.2, 0.25) is 0 Å². The van der Waals surface area contributed by atoms with E-state index in [4.69, 9.17) is 0 Å². The summed E-state index contributed by atoms with van der Waals surface area (Å²) in [6.07, 6.45) is 10.5. The molecule has 2 aliphatic carbocycles. The Morgan fingerprint density at radius 3 is 2.41 bits per heavy atom. The molecule has 0 radical (unpaired) electrons. The van der Waals surface area contributed by atoms with E-state index in [1.807, 2.05) is 0 Å². The number of aliphatic hydroxyl groups is 1. The Hall–Kier alpha value is -0.120. The van der Waals surface area contributed by atoms with Crippen LogP contribution in [0.15, 0.2) is 0 Å². The van der Waals surface area contributed by atoms with E-state index in [9.17, 15) is 5.11 Å². The second-order valence-electron chi connectivity index (χ2n) is 8.55. The summed E-state index contributed by atoms with van der Waals surface area (Å²) in [6, 6.07) is 1.25. The number of rotatable bonds is 7. The Morgan fingerprint density at radius 2 is 1.77 bits per heavy atom. The highest BCUT2D eigenvalue weighted by molar-refractivity contribution is 4.89. The summed E-state index contributed by atoms with van der Waals surface area (Å²) < 4.78 is 0. The van der Waals surface area contributed by atoms with Gasteiger partial charge >= 0.3 is 0 Å². The number of aliphatic hydroxyl groups excluding tert-OH is 1. The second kappa shape index (κ2) is 7.63. The van der Waals surface area contributed by atoms with Gasteiger partial charge in [0.05, 0.1) is 6.10 Å². The molecule has 22 heavy (non-hydrogen) atoms. The maximum Gasteiger partial charge on any atom is 0.0571 e. The lowest BCUT2D eigenvalue weighted by Crippen LogP contribution is -2.52. The van der Waals surface area contributed by atoms with Gasteiger partial charge in [0.1, 0.15) is 0 Å². The van der Waals surface area contributed by atoms with Crippen molar-refractivity contribution in [1.29, 1.82) is 0 Å². The summed E-state index contributed by atoms with van der Waals surface area (Å²) in [5, 5.41) is 14.2. The number of hydrogen-bond donors (Lipinski definition) is 2. The van der Waals surface area contributed by atoms with Crippen molar-refractivity contribution < 1.29 is 5.11 Å². The van der Waals surface area contributed by atoms with E-state index >= 15 is 0 Å². The van der Waals surface area contributed by atoms with Crippen molar-refractivity contribution in [3.05, 3.63) is 0 Å². The lowest BCUT2D eigenvalue weighted by atomic mass is 9.87. The second-order valence-corrected chi connectivity index (χ2v) is 8.55. The van der Waals surface area contributed by atoms with Crippen LogP contribution in [-0.2, 0) is 0 Å². The number of nitrogens with one attached hydrogen (secondary N) is 1. The first-order chi connectivity index (χ1) is 10.6. The molecule has 3 unspecified atom stereocenters. The van der Waals surface area contributed by atoms with Crippen LogP contribution in [0.3, 0.4) is 0 Å². The lowest BCUT2D eigenvalue weighted by molar-refractivity contribution is 0.0617. The predicted molar refractivity (Wildman–Crippen MR) is 91.9 cm³/mol. The molecule has 0 amide bonds. The Labute approximate surface area is 136 Å². The first-order valence-corrected chi connectivity index (χ1v) is 9.77. The van der Waals surface area contributed by atoms with Crippen molar-refractivity contribution >= 4 is 0 Å². The Bertz CT molecular complexity index is 334. The minimum absolute atomic E-state index is 0.0346. The molecule has 0 bridgehead atoms. The molecule has 3 atom stereocenters. The van der Waals surface area contributed by atoms with E-state index in [1.54, 1.807) is 0 Å². The molecule has 0 spiro atoms. The highest BCUT2D eigenvalue weighted by Crippen LogP contribution is 2.36. The Morgan fingerprint density at radius 1 is 1.05 bits per heavy atom. The zero-order chi connectivity index (χ0) is 15.5. The third-order valence-electron chi connectivity index (χ3n) is 6.21. The molecule has 3 heteroatoms. The smallest absolute Gasteiger partial charge is 0.0571 e. The molecule has 1 heterocycles. The number of likely N-dealkylation sites (tertiary alicyclic amines) is 1. The molecule has 0 aromatic rings. The number of hydrogen-bond acceptors (Lipinski definition) is 3. The van der Waals surface area contributed by atoms with Crippen LogP contribution in [0.1, 0.15) is 65.2 Å². The summed E-state index contributed by atoms with van der Waals surface area (Å²) >= 11 is 0. The SMILES string of the molecule is CC(C)N1CC(CC(O)C2CC2)CC(NCC2CCCC2)C1. The number of piperidine rings is 1. The summed E-state index contributed by atoms with van der Waals surface area (Å²) in [6.45, 7) is 8.22. The number of nitrogens with zero attached hydrogens (tertiary/aromatic N) is 1. The van der Waals surface area contributed by atoms with Crippen LogP contribution in [0.2, 0.25) is 0 Å². The zero-order valence-electron chi connectivity index (χ0n) is 14.6. The summed E-state index contributed by atoms with van der Waals surface area (Å²) in [4.78, 5) is 2.63. The highest BCUT2D eigenvalue weighted by atomic mass is 16.3. The van der Waals surface area contributed by atoms with Gasteiger partial charge in [-0.3, -0.25) is 4.90 Å². The first-order valence-electron chi connectivity index (χ1n) is 9.77. The predicted octanol–water partition coefficient (Wildman–Crippen LogP) is 3.03. The van der Waals surface area contributed by atoms with Crippen LogP contribution in [-0.4, -0.2) is 47.8 Å². The minimum atomic E-state index is -0.0346. The molecule has 2 saturated carbocycles. The topological polar surface area (TPSA) is 35.5 Å². The minimum Gasteiger partial charge on any atom is -0.393 e. The Kier molecular flexibility index (Phi) is 5.80. The van der Waals surface area contributed by atoms with E-state index in [0.29, 0.717) is 23.9 Å². The molecule has 3 nitrogen and oxygen atoms in total. The van der Waals surface area contributed by atoms with Crippen molar-refractivity contribution in [2.75, 3.05) is 19.6 Å². The van der Waals surface area contributed by atoms with Gasteiger partial charge in [-0.15, -0.1) is 0 Å². The van der Waals surface area contributed by atoms with E-state index < -0.39 is 0 Å². The molecule has 1 aliphatic heterocycles. The van der Waals surface area contributed by atoms with Gasteiger partial charge in [0, 0.05) is 25.2 Å². The molecular formula is C19H36N2O. The molecular weight excluding hydrogens is 272 g/mol. The first kappa shape index (κ1) is 16.7. The average molecular weight is 309 g/mol. The molecule has 3 fully saturated rings. The zero-order valence-corrected chi connectivity index (χ0v) is 14.6. The largest absolute Gasteiger partial charge is 0.393 e. The van der Waals surface area contributed by atoms with Crippen LogP contribution < -0.4 is 5.32 Å². The van der Waals surface area contributed by atoms with Crippen molar-refractivity contribution in [2.45, 2.75) is 83.4 Å². The quantitative estimate of drug-likeness (QED) is 0.759. The van der Waals surface area contributed by atoms with E-state index in [2.05, 4.69) is 24.1 Å². The maximum absolute atomic E-state index is 10.3. The monoisotopic (exact) mass is 308 g/mol. The van der Waals surface area contributed by atoms with Crippen LogP contribution in [0.5, 0.6) is 0 Å². The van der Waals surface area contributed by atoms with Gasteiger partial charge in [0.25, 0.3) is 0 Å². The molecule has 3 aliphatic rings. The normalized spacial score (nSPS) is 32.7. The molecule has 128 valence electrons. The van der Waals surface area contributed by atoms with Crippen LogP contribution in [0.4, 0.5) is 0 Å². The van der Waals surface area contributed by atoms with E-state index in [1.165, 1.54) is 64.6 Å². The van der Waals surface area contributed by atoms with Gasteiger partial charge in [0.15, 0.2) is 0 Å². The molecule has 2 N–H and O–H groups in total. The van der Waals surface area contributed by atoms with Crippen LogP contribution >= 0.6 is 0 Å². The fraction of sp³-hybridized carbons (Fsp3) is 1.00. The van der Waals surface area contributed by atoms with Crippen molar-refractivity contribution in [2.24, 2.45) is 17.8 Å². The lowest BCUT2D eigenvalue weighted by Gasteiger charge is -2.41. The maximum atomic E-state index is 10.3. The van der Waals surface area contributed by atoms with Gasteiger partial charge in [-0.1, -0.05) is 12.8 Å². The summed E-state index contributed by atoms with van der Waals surface area (Å²) in [7, 11) is 0. The van der Waals surface area contributed by atoms with Gasteiger partial charge in [-0.25, -0.2) is 0 Å². The molecule has 3 rings (SSSR count). The fourth-order valence-corrected chi connectivity index (χ4v) is 4.54. The van der Waals surface area contributed by atoms with Gasteiger partial charge < -0.3 is 10.4 Å². The summed E-state index contributed by atoms with van der Waals surface area (Å²) in [5.74, 6) is 2.22. The van der Waals surface area contributed by atoms with Gasteiger partial charge in [-0.05, 0) is 76.7 Å². The third kappa shape index (κ3) is 4.69. The Balaban J connectivity index is 1.49. The third-order valence-corrected chi connectivity index (χ3v) is 6.21. The van der Waals surface area contributed by atoms with Gasteiger partial charge in [-0.2, -0.15) is 0 Å². The van der Waals surface area contributed by atoms with Crippen molar-refractivity contribution in [1.82, 2.24) is 10.2 Å². The standard InChI is InChI=1S/C19H36N2O/c1-14(2)21-12-16(10-19(22)17-7-8-17)9-18(13-21)20-11-15-5-3-4-6-15/h14-20,22H,3-13H2,1-2H3. The molecule has 1 saturated heterocycles. The molecule has 0 aromatic carbocycles. The fourth-order valence-electron chi connectivity index (χ4n) is 4.54. The van der Waals surface area contributed by atoms with Crippen molar-refractivity contribution in [3.63, 3.8) is 0 Å². The van der Waals surface area contributed by atoms with Crippen molar-refractivity contribution in [3.8, 4) is 0 Å². The average Bonchev–Trinajstić information content (AvgIpc) is 3.22.